The van der Waals surface area contributed by atoms with Gasteiger partial charge in [0.15, 0.2) is 5.70 Å². The monoisotopic (exact) mass is 366 g/mol. The van der Waals surface area contributed by atoms with Crippen molar-refractivity contribution in [1.82, 2.24) is 9.88 Å². The van der Waals surface area contributed by atoms with E-state index in [1.807, 2.05) is 18.2 Å². The van der Waals surface area contributed by atoms with Gasteiger partial charge in [-0.2, -0.15) is 0 Å². The topological polar surface area (TPSA) is 90.7 Å². The van der Waals surface area contributed by atoms with E-state index in [4.69, 9.17) is 0 Å². The Labute approximate surface area is 148 Å². The first-order valence-electron chi connectivity index (χ1n) is 7.68. The Morgan fingerprint density at radius 1 is 1.50 bits per heavy atom. The van der Waals surface area contributed by atoms with Crippen LogP contribution < -0.4 is 0 Å². The van der Waals surface area contributed by atoms with E-state index < -0.39 is 18.0 Å². The highest BCUT2D eigenvalue weighted by molar-refractivity contribution is 8.22. The van der Waals surface area contributed by atoms with Gasteiger partial charge in [0.05, 0.1) is 16.3 Å². The fourth-order valence-electron chi connectivity index (χ4n) is 2.82. The predicted octanol–water partition coefficient (Wildman–Crippen LogP) is 1.91. The molecule has 3 rings (SSSR count). The first kappa shape index (κ1) is 17.3. The third-order valence-corrected chi connectivity index (χ3v) is 6.75. The van der Waals surface area contributed by atoms with Crippen LogP contribution in [0.15, 0.2) is 34.3 Å². The maximum absolute atomic E-state index is 12.1. The molecule has 2 N–H and O–H groups in total. The quantitative estimate of drug-likeness (QED) is 0.563. The number of amides is 1. The predicted molar refractivity (Wildman–Crippen MR) is 93.1 cm³/mol. The number of carboxylic acid groups (broad SMARTS) is 1. The Hall–Kier alpha value is -1.51. The van der Waals surface area contributed by atoms with Gasteiger partial charge in [-0.15, -0.1) is 11.8 Å². The van der Waals surface area contributed by atoms with Crippen LogP contribution in [0.1, 0.15) is 19.0 Å². The van der Waals surface area contributed by atoms with Crippen LogP contribution >= 0.6 is 23.5 Å². The summed E-state index contributed by atoms with van der Waals surface area (Å²) in [7, 11) is 0. The fraction of sp³-hybridized carbons (Fsp3) is 0.438. The summed E-state index contributed by atoms with van der Waals surface area (Å²) in [5.41, 5.74) is 1.08. The summed E-state index contributed by atoms with van der Waals surface area (Å²) in [5, 5.41) is 18.8. The molecule has 3 atom stereocenters. The van der Waals surface area contributed by atoms with Gasteiger partial charge in [-0.25, -0.2) is 4.79 Å². The molecule has 128 valence electrons. The average molecular weight is 366 g/mol. The number of β-lactam (4-membered cyclic amide) rings is 1. The van der Waals surface area contributed by atoms with Crippen molar-refractivity contribution in [2.45, 2.75) is 31.2 Å². The molecule has 0 unspecified atom stereocenters. The van der Waals surface area contributed by atoms with Crippen molar-refractivity contribution in [2.24, 2.45) is 5.92 Å². The van der Waals surface area contributed by atoms with E-state index in [2.05, 4.69) is 4.98 Å². The van der Waals surface area contributed by atoms with Gasteiger partial charge in [-0.1, -0.05) is 17.8 Å². The number of hydrogen-bond acceptors (Lipinski definition) is 6. The van der Waals surface area contributed by atoms with Gasteiger partial charge in [0.25, 0.3) is 0 Å². The van der Waals surface area contributed by atoms with Crippen molar-refractivity contribution in [3.05, 3.63) is 40.0 Å². The van der Waals surface area contributed by atoms with E-state index in [1.165, 1.54) is 28.4 Å². The van der Waals surface area contributed by atoms with Crippen molar-refractivity contribution in [1.29, 1.82) is 0 Å². The molecule has 1 saturated heterocycles. The number of nitrogens with zero attached hydrogens (tertiary/aromatic N) is 2. The second-order valence-electron chi connectivity index (χ2n) is 5.70. The third-order valence-electron chi connectivity index (χ3n) is 4.01. The molecule has 24 heavy (non-hydrogen) atoms. The maximum Gasteiger partial charge on any atom is 0.354 e. The number of fused-ring (bicyclic) bond motifs is 1. The van der Waals surface area contributed by atoms with Gasteiger partial charge in [0.1, 0.15) is 5.37 Å². The van der Waals surface area contributed by atoms with Crippen molar-refractivity contribution < 1.29 is 19.8 Å². The molecule has 0 aromatic carbocycles. The number of hydrogen-bond donors (Lipinski definition) is 2. The molecule has 2 aliphatic heterocycles. The van der Waals surface area contributed by atoms with Gasteiger partial charge >= 0.3 is 5.97 Å². The number of thioether (sulfide) groups is 2. The minimum absolute atomic E-state index is 0.0646. The minimum atomic E-state index is -1.09. The Morgan fingerprint density at radius 3 is 2.92 bits per heavy atom. The molecule has 1 aromatic heterocycles. The summed E-state index contributed by atoms with van der Waals surface area (Å²) in [4.78, 5) is 29.2. The molecule has 1 fully saturated rings. The molecular weight excluding hydrogens is 348 g/mol. The fourth-order valence-corrected chi connectivity index (χ4v) is 5.75. The van der Waals surface area contributed by atoms with Gasteiger partial charge in [0, 0.05) is 11.9 Å². The molecule has 0 radical (unpaired) electrons. The van der Waals surface area contributed by atoms with Crippen molar-refractivity contribution >= 4 is 35.4 Å². The summed E-state index contributed by atoms with van der Waals surface area (Å²) >= 11 is 2.84. The SMILES string of the molecule is C[C@H](O)[C@@H]1C(=O)N2C(C(=O)O)=C(SCCCc3ccccn3)S[C@H]12. The van der Waals surface area contributed by atoms with Crippen molar-refractivity contribution in [2.75, 3.05) is 5.75 Å². The normalized spacial score (nSPS) is 23.9. The number of aliphatic hydroxyl groups is 1. The Morgan fingerprint density at radius 2 is 2.29 bits per heavy atom. The van der Waals surface area contributed by atoms with Crippen LogP contribution in [0.5, 0.6) is 0 Å². The van der Waals surface area contributed by atoms with E-state index in [0.29, 0.717) is 4.24 Å². The lowest BCUT2D eigenvalue weighted by atomic mass is 9.92. The lowest BCUT2D eigenvalue weighted by Gasteiger charge is -2.43. The van der Waals surface area contributed by atoms with Gasteiger partial charge in [-0.05, 0) is 37.7 Å². The highest BCUT2D eigenvalue weighted by Gasteiger charge is 2.57. The van der Waals surface area contributed by atoms with Crippen LogP contribution in [0.3, 0.4) is 0 Å². The molecule has 1 aromatic rings. The van der Waals surface area contributed by atoms with E-state index >= 15 is 0 Å². The molecule has 1 amide bonds. The number of carbonyl (C=O) groups is 2. The number of pyridine rings is 1. The van der Waals surface area contributed by atoms with E-state index in [0.717, 1.165) is 24.3 Å². The van der Waals surface area contributed by atoms with Crippen LogP contribution in [0, 0.1) is 5.92 Å². The van der Waals surface area contributed by atoms with Gasteiger partial charge in [0.2, 0.25) is 5.91 Å². The van der Waals surface area contributed by atoms with Gasteiger partial charge in [-0.3, -0.25) is 14.7 Å². The molecule has 6 nitrogen and oxygen atoms in total. The number of aliphatic carboxylic acids is 1. The highest BCUT2D eigenvalue weighted by atomic mass is 32.2. The second kappa shape index (κ2) is 7.16. The average Bonchev–Trinajstić information content (AvgIpc) is 2.86. The zero-order valence-corrected chi connectivity index (χ0v) is 14.7. The summed E-state index contributed by atoms with van der Waals surface area (Å²) in [5.74, 6) is -1.15. The molecule has 0 aliphatic carbocycles. The Balaban J connectivity index is 1.60. The lowest BCUT2D eigenvalue weighted by Crippen LogP contribution is -2.60. The Kier molecular flexibility index (Phi) is 5.17. The third kappa shape index (κ3) is 3.18. The number of aliphatic hydroxyl groups excluding tert-OH is 1. The number of rotatable bonds is 7. The zero-order chi connectivity index (χ0) is 17.3. The molecule has 0 spiro atoms. The van der Waals surface area contributed by atoms with Crippen LogP contribution in [0.25, 0.3) is 0 Å². The van der Waals surface area contributed by atoms with E-state index in [9.17, 15) is 19.8 Å². The van der Waals surface area contributed by atoms with Crippen molar-refractivity contribution in [3.63, 3.8) is 0 Å². The Bertz CT molecular complexity index is 678. The maximum atomic E-state index is 12.1. The number of aromatic nitrogens is 1. The summed E-state index contributed by atoms with van der Waals surface area (Å²) in [6, 6.07) is 5.78. The van der Waals surface area contributed by atoms with Crippen LogP contribution in [-0.4, -0.2) is 49.2 Å². The summed E-state index contributed by atoms with van der Waals surface area (Å²) in [6.45, 7) is 1.57. The first-order valence-corrected chi connectivity index (χ1v) is 9.55. The standard InChI is InChI=1S/C16H18N2O4S2/c1-9(19)11-13(20)18-12(15(21)22)16(24-14(11)18)23-8-4-6-10-5-2-3-7-17-10/h2-3,5,7,9,11,14,19H,4,6,8H2,1H3,(H,21,22)/t9-,11+,14+/m0/s1. The summed E-state index contributed by atoms with van der Waals surface area (Å²) in [6.07, 6.45) is 2.69. The molecular formula is C16H18N2O4S2. The molecule has 0 saturated carbocycles. The number of carboxylic acids is 1. The molecule has 2 aliphatic rings. The largest absolute Gasteiger partial charge is 0.477 e. The van der Waals surface area contributed by atoms with Crippen molar-refractivity contribution in [3.8, 4) is 0 Å². The molecule has 8 heteroatoms. The first-order chi connectivity index (χ1) is 11.5. The van der Waals surface area contributed by atoms with Crippen LogP contribution in [-0.2, 0) is 16.0 Å². The van der Waals surface area contributed by atoms with Crippen LogP contribution in [0.2, 0.25) is 0 Å². The lowest BCUT2D eigenvalue weighted by molar-refractivity contribution is -0.156. The van der Waals surface area contributed by atoms with Gasteiger partial charge < -0.3 is 10.2 Å². The molecule has 0 bridgehead atoms. The summed E-state index contributed by atoms with van der Waals surface area (Å²) < 4.78 is 0.657. The highest BCUT2D eigenvalue weighted by Crippen LogP contribution is 2.53. The molecule has 3 heterocycles. The number of aryl methyl sites for hydroxylation is 1. The minimum Gasteiger partial charge on any atom is -0.477 e. The number of carbonyl (C=O) groups excluding carboxylic acids is 1. The van der Waals surface area contributed by atoms with Crippen LogP contribution in [0.4, 0.5) is 0 Å². The zero-order valence-electron chi connectivity index (χ0n) is 13.1. The van der Waals surface area contributed by atoms with E-state index in [-0.39, 0.29) is 17.0 Å². The second-order valence-corrected chi connectivity index (χ2v) is 8.19. The smallest absolute Gasteiger partial charge is 0.354 e. The van der Waals surface area contributed by atoms with E-state index in [1.54, 1.807) is 13.1 Å².